The van der Waals surface area contributed by atoms with Crippen LogP contribution in [0.5, 0.6) is 0 Å². The number of anilines is 1. The number of carbonyl (C=O) groups excluding carboxylic acids is 2. The molecule has 134 valence electrons. The largest absolute Gasteiger partial charge is 0.352 e. The normalized spacial score (nSPS) is 16.3. The van der Waals surface area contributed by atoms with Crippen molar-refractivity contribution in [2.45, 2.75) is 45.6 Å². The number of hydrogen-bond donors (Lipinski definition) is 3. The van der Waals surface area contributed by atoms with Gasteiger partial charge in [-0.25, -0.2) is 0 Å². The van der Waals surface area contributed by atoms with Gasteiger partial charge in [-0.2, -0.15) is 0 Å². The molecule has 0 aliphatic carbocycles. The van der Waals surface area contributed by atoms with E-state index in [1.165, 1.54) is 6.42 Å². The number of halogens is 1. The fourth-order valence-corrected chi connectivity index (χ4v) is 2.74. The first-order valence-electron chi connectivity index (χ1n) is 8.53. The van der Waals surface area contributed by atoms with Crippen LogP contribution in [0, 0.1) is 5.92 Å². The maximum Gasteiger partial charge on any atom is 0.224 e. The molecule has 1 aromatic carbocycles. The van der Waals surface area contributed by atoms with Crippen LogP contribution in [-0.4, -0.2) is 24.9 Å². The van der Waals surface area contributed by atoms with Crippen molar-refractivity contribution in [3.8, 4) is 0 Å². The molecule has 5 nitrogen and oxygen atoms in total. The topological polar surface area (TPSA) is 70.2 Å². The van der Waals surface area contributed by atoms with Gasteiger partial charge in [-0.3, -0.25) is 9.59 Å². The Bertz CT molecular complexity index is 514. The maximum atomic E-state index is 11.9. The molecule has 1 unspecified atom stereocenters. The van der Waals surface area contributed by atoms with Crippen molar-refractivity contribution in [3.05, 3.63) is 29.8 Å². The van der Waals surface area contributed by atoms with E-state index in [0.717, 1.165) is 37.2 Å². The maximum absolute atomic E-state index is 11.9. The first kappa shape index (κ1) is 20.5. The third-order valence-electron chi connectivity index (χ3n) is 4.15. The van der Waals surface area contributed by atoms with Crippen molar-refractivity contribution in [3.63, 3.8) is 0 Å². The average molecular weight is 354 g/mol. The first-order chi connectivity index (χ1) is 11.2. The highest BCUT2D eigenvalue weighted by atomic mass is 35.5. The van der Waals surface area contributed by atoms with Crippen LogP contribution >= 0.6 is 12.4 Å². The second kappa shape index (κ2) is 11.0. The summed E-state index contributed by atoms with van der Waals surface area (Å²) in [6.07, 6.45) is 4.11. The van der Waals surface area contributed by atoms with E-state index in [-0.39, 0.29) is 24.2 Å². The minimum Gasteiger partial charge on any atom is -0.352 e. The molecule has 0 spiro atoms. The van der Waals surface area contributed by atoms with E-state index in [4.69, 9.17) is 0 Å². The molecule has 3 N–H and O–H groups in total. The minimum absolute atomic E-state index is 0. The molecule has 1 atom stereocenters. The molecule has 24 heavy (non-hydrogen) atoms. The van der Waals surface area contributed by atoms with Gasteiger partial charge in [0.25, 0.3) is 0 Å². The average Bonchev–Trinajstić information content (AvgIpc) is 3.06. The Kier molecular flexibility index (Phi) is 9.42. The number of amides is 2. The van der Waals surface area contributed by atoms with E-state index in [1.54, 1.807) is 0 Å². The second-order valence-corrected chi connectivity index (χ2v) is 6.17. The molecule has 1 saturated heterocycles. The molecule has 1 fully saturated rings. The van der Waals surface area contributed by atoms with Crippen LogP contribution in [0.15, 0.2) is 24.3 Å². The Labute approximate surface area is 150 Å². The summed E-state index contributed by atoms with van der Waals surface area (Å²) >= 11 is 0. The van der Waals surface area contributed by atoms with E-state index in [0.29, 0.717) is 25.3 Å². The van der Waals surface area contributed by atoms with E-state index < -0.39 is 0 Å². The summed E-state index contributed by atoms with van der Waals surface area (Å²) in [5, 5.41) is 9.13. The highest BCUT2D eigenvalue weighted by molar-refractivity contribution is 5.90. The third kappa shape index (κ3) is 7.32. The van der Waals surface area contributed by atoms with Crippen LogP contribution in [0.1, 0.15) is 44.6 Å². The van der Waals surface area contributed by atoms with Crippen LogP contribution < -0.4 is 16.0 Å². The van der Waals surface area contributed by atoms with Crippen LogP contribution in [0.25, 0.3) is 0 Å². The zero-order valence-electron chi connectivity index (χ0n) is 14.3. The molecule has 0 saturated carbocycles. The molecule has 1 aromatic rings. The summed E-state index contributed by atoms with van der Waals surface area (Å²) in [5.74, 6) is 0.791. The molecule has 6 heteroatoms. The molecule has 1 aliphatic heterocycles. The predicted octanol–water partition coefficient (Wildman–Crippen LogP) is 2.85. The monoisotopic (exact) mass is 353 g/mol. The summed E-state index contributed by atoms with van der Waals surface area (Å²) in [5.41, 5.74) is 1.83. The zero-order valence-corrected chi connectivity index (χ0v) is 15.1. The van der Waals surface area contributed by atoms with Crippen LogP contribution in [0.3, 0.4) is 0 Å². The van der Waals surface area contributed by atoms with Crippen LogP contribution in [-0.2, 0) is 16.1 Å². The smallest absolute Gasteiger partial charge is 0.224 e. The quantitative estimate of drug-likeness (QED) is 0.673. The van der Waals surface area contributed by atoms with E-state index in [9.17, 15) is 9.59 Å². The number of carbonyl (C=O) groups is 2. The molecule has 0 aromatic heterocycles. The van der Waals surface area contributed by atoms with Gasteiger partial charge in [0.1, 0.15) is 0 Å². The van der Waals surface area contributed by atoms with Crippen molar-refractivity contribution < 1.29 is 9.59 Å². The van der Waals surface area contributed by atoms with E-state index in [2.05, 4.69) is 16.0 Å². The molecular weight excluding hydrogens is 326 g/mol. The lowest BCUT2D eigenvalue weighted by Gasteiger charge is -2.09. The fraction of sp³-hybridized carbons (Fsp3) is 0.556. The lowest BCUT2D eigenvalue weighted by molar-refractivity contribution is -0.121. The number of rotatable bonds is 8. The highest BCUT2D eigenvalue weighted by Crippen LogP contribution is 2.14. The van der Waals surface area contributed by atoms with Gasteiger partial charge < -0.3 is 16.0 Å². The highest BCUT2D eigenvalue weighted by Gasteiger charge is 2.15. The Balaban J connectivity index is 0.00000288. The van der Waals surface area contributed by atoms with Crippen molar-refractivity contribution in [2.75, 3.05) is 18.4 Å². The summed E-state index contributed by atoms with van der Waals surface area (Å²) in [6.45, 7) is 4.63. The van der Waals surface area contributed by atoms with Crippen molar-refractivity contribution >= 4 is 29.9 Å². The molecule has 1 heterocycles. The Morgan fingerprint density at radius 2 is 1.92 bits per heavy atom. The number of benzene rings is 1. The van der Waals surface area contributed by atoms with Gasteiger partial charge in [0.15, 0.2) is 0 Å². The molecule has 0 bridgehead atoms. The summed E-state index contributed by atoms with van der Waals surface area (Å²) in [4.78, 5) is 23.4. The van der Waals surface area contributed by atoms with Crippen molar-refractivity contribution in [1.29, 1.82) is 0 Å². The second-order valence-electron chi connectivity index (χ2n) is 6.17. The summed E-state index contributed by atoms with van der Waals surface area (Å²) in [6, 6.07) is 7.62. The standard InChI is InChI=1S/C18H27N3O2.ClH/c1-2-3-18(23)21-16-7-4-14(5-8-16)13-20-17(22)9-6-15-10-11-19-12-15;/h4-5,7-8,15,19H,2-3,6,9-13H2,1H3,(H,20,22)(H,21,23);1H. The lowest BCUT2D eigenvalue weighted by atomic mass is 10.0. The molecule has 1 aliphatic rings. The minimum atomic E-state index is 0. The van der Waals surface area contributed by atoms with Crippen LogP contribution in [0.4, 0.5) is 5.69 Å². The van der Waals surface area contributed by atoms with E-state index in [1.807, 2.05) is 31.2 Å². The first-order valence-corrected chi connectivity index (χ1v) is 8.53. The van der Waals surface area contributed by atoms with Crippen molar-refractivity contribution in [2.24, 2.45) is 5.92 Å². The molecule has 2 rings (SSSR count). The lowest BCUT2D eigenvalue weighted by Crippen LogP contribution is -2.23. The van der Waals surface area contributed by atoms with Gasteiger partial charge in [-0.15, -0.1) is 12.4 Å². The SMILES string of the molecule is CCCC(=O)Nc1ccc(CNC(=O)CCC2CCNC2)cc1.Cl. The molecule has 0 radical (unpaired) electrons. The molecule has 2 amide bonds. The van der Waals surface area contributed by atoms with E-state index >= 15 is 0 Å². The number of hydrogen-bond acceptors (Lipinski definition) is 3. The third-order valence-corrected chi connectivity index (χ3v) is 4.15. The Hall–Kier alpha value is -1.59. The van der Waals surface area contributed by atoms with Gasteiger partial charge in [0, 0.05) is 25.1 Å². The van der Waals surface area contributed by atoms with Gasteiger partial charge in [-0.05, 0) is 56.0 Å². The zero-order chi connectivity index (χ0) is 16.5. The Morgan fingerprint density at radius 3 is 2.54 bits per heavy atom. The molecular formula is C18H28ClN3O2. The Morgan fingerprint density at radius 1 is 1.17 bits per heavy atom. The van der Waals surface area contributed by atoms with Gasteiger partial charge in [0.2, 0.25) is 11.8 Å². The van der Waals surface area contributed by atoms with Gasteiger partial charge in [0.05, 0.1) is 0 Å². The summed E-state index contributed by atoms with van der Waals surface area (Å²) < 4.78 is 0. The predicted molar refractivity (Wildman–Crippen MR) is 99.3 cm³/mol. The van der Waals surface area contributed by atoms with Gasteiger partial charge in [-0.1, -0.05) is 19.1 Å². The summed E-state index contributed by atoms with van der Waals surface area (Å²) in [7, 11) is 0. The fourth-order valence-electron chi connectivity index (χ4n) is 2.74. The van der Waals surface area contributed by atoms with Crippen LogP contribution in [0.2, 0.25) is 0 Å². The van der Waals surface area contributed by atoms with Crippen molar-refractivity contribution in [1.82, 2.24) is 10.6 Å². The number of nitrogens with one attached hydrogen (secondary N) is 3. The van der Waals surface area contributed by atoms with Gasteiger partial charge >= 0.3 is 0 Å².